The molecule has 1 aliphatic rings. The Kier molecular flexibility index (Phi) is 6.97. The summed E-state index contributed by atoms with van der Waals surface area (Å²) >= 11 is 0. The van der Waals surface area contributed by atoms with Crippen molar-refractivity contribution in [3.63, 3.8) is 0 Å². The van der Waals surface area contributed by atoms with E-state index in [2.05, 4.69) is 23.2 Å². The molecule has 1 unspecified atom stereocenters. The summed E-state index contributed by atoms with van der Waals surface area (Å²) < 4.78 is 0. The highest BCUT2D eigenvalue weighted by Crippen LogP contribution is 2.03. The minimum absolute atomic E-state index is 0. The van der Waals surface area contributed by atoms with Crippen LogP contribution in [0.1, 0.15) is 19.8 Å². The maximum Gasteiger partial charge on any atom is 0.0622 e. The molecule has 1 rings (SSSR count). The van der Waals surface area contributed by atoms with Gasteiger partial charge in [0.05, 0.1) is 6.07 Å². The van der Waals surface area contributed by atoms with Gasteiger partial charge in [-0.25, -0.2) is 0 Å². The zero-order valence-electron chi connectivity index (χ0n) is 8.12. The molecule has 0 radical (unpaired) electrons. The highest BCUT2D eigenvalue weighted by molar-refractivity contribution is 5.85. The number of halogens is 1. The number of nitrogens with one attached hydrogen (secondary N) is 1. The fourth-order valence-electron chi connectivity index (χ4n) is 1.58. The third-order valence-corrected chi connectivity index (χ3v) is 2.37. The molecule has 1 atom stereocenters. The fraction of sp³-hybridized carbons (Fsp3) is 0.889. The van der Waals surface area contributed by atoms with E-state index in [-0.39, 0.29) is 12.4 Å². The van der Waals surface area contributed by atoms with Gasteiger partial charge in [-0.3, -0.25) is 4.90 Å². The van der Waals surface area contributed by atoms with Crippen LogP contribution >= 0.6 is 12.4 Å². The van der Waals surface area contributed by atoms with Gasteiger partial charge in [-0.1, -0.05) is 0 Å². The SMILES string of the molecule is CC1CNCCN1CCCC#N.Cl. The number of nitrogens with zero attached hydrogens (tertiary/aromatic N) is 2. The van der Waals surface area contributed by atoms with Crippen LogP contribution in [-0.4, -0.2) is 37.1 Å². The smallest absolute Gasteiger partial charge is 0.0622 e. The van der Waals surface area contributed by atoms with Crippen molar-refractivity contribution in [2.45, 2.75) is 25.8 Å². The summed E-state index contributed by atoms with van der Waals surface area (Å²) in [5.41, 5.74) is 0. The van der Waals surface area contributed by atoms with E-state index in [1.807, 2.05) is 0 Å². The van der Waals surface area contributed by atoms with Gasteiger partial charge in [0.15, 0.2) is 0 Å². The molecule has 1 fully saturated rings. The lowest BCUT2D eigenvalue weighted by Crippen LogP contribution is -2.49. The number of piperazine rings is 1. The molecule has 13 heavy (non-hydrogen) atoms. The number of hydrogen-bond donors (Lipinski definition) is 1. The molecule has 1 heterocycles. The van der Waals surface area contributed by atoms with Gasteiger partial charge >= 0.3 is 0 Å². The van der Waals surface area contributed by atoms with Gasteiger partial charge in [-0.2, -0.15) is 5.26 Å². The first-order chi connectivity index (χ1) is 5.84. The summed E-state index contributed by atoms with van der Waals surface area (Å²) in [5.74, 6) is 0. The van der Waals surface area contributed by atoms with E-state index in [1.54, 1.807) is 0 Å². The summed E-state index contributed by atoms with van der Waals surface area (Å²) in [6, 6.07) is 2.82. The molecular weight excluding hydrogens is 186 g/mol. The first kappa shape index (κ1) is 12.7. The Morgan fingerprint density at radius 1 is 1.62 bits per heavy atom. The van der Waals surface area contributed by atoms with Crippen molar-refractivity contribution in [1.29, 1.82) is 5.26 Å². The lowest BCUT2D eigenvalue weighted by Gasteiger charge is -2.33. The molecule has 76 valence electrons. The maximum absolute atomic E-state index is 8.38. The molecule has 0 spiro atoms. The molecule has 0 aromatic rings. The van der Waals surface area contributed by atoms with E-state index >= 15 is 0 Å². The summed E-state index contributed by atoms with van der Waals surface area (Å²) in [7, 11) is 0. The van der Waals surface area contributed by atoms with Crippen molar-refractivity contribution in [3.05, 3.63) is 0 Å². The minimum atomic E-state index is 0. The van der Waals surface area contributed by atoms with Gasteiger partial charge in [0.2, 0.25) is 0 Å². The van der Waals surface area contributed by atoms with Gasteiger partial charge in [0, 0.05) is 32.1 Å². The Balaban J connectivity index is 0.00000144. The van der Waals surface area contributed by atoms with Crippen LogP contribution in [0.15, 0.2) is 0 Å². The van der Waals surface area contributed by atoms with Crippen LogP contribution < -0.4 is 5.32 Å². The average molecular weight is 204 g/mol. The van der Waals surface area contributed by atoms with Crippen LogP contribution in [0.4, 0.5) is 0 Å². The predicted molar refractivity (Wildman–Crippen MR) is 56.0 cm³/mol. The normalized spacial score (nSPS) is 23.2. The van der Waals surface area contributed by atoms with Crippen LogP contribution in [-0.2, 0) is 0 Å². The van der Waals surface area contributed by atoms with Crippen molar-refractivity contribution in [2.24, 2.45) is 0 Å². The van der Waals surface area contributed by atoms with Crippen molar-refractivity contribution in [3.8, 4) is 6.07 Å². The van der Waals surface area contributed by atoms with Crippen molar-refractivity contribution >= 4 is 12.4 Å². The molecule has 0 bridgehead atoms. The molecule has 4 heteroatoms. The van der Waals surface area contributed by atoms with E-state index in [9.17, 15) is 0 Å². The van der Waals surface area contributed by atoms with Crippen molar-refractivity contribution in [1.82, 2.24) is 10.2 Å². The van der Waals surface area contributed by atoms with E-state index in [4.69, 9.17) is 5.26 Å². The second-order valence-electron chi connectivity index (χ2n) is 3.35. The van der Waals surface area contributed by atoms with E-state index in [0.29, 0.717) is 12.5 Å². The third kappa shape index (κ3) is 4.47. The number of nitriles is 1. The van der Waals surface area contributed by atoms with E-state index in [0.717, 1.165) is 32.6 Å². The Hall–Kier alpha value is -0.300. The molecule has 3 nitrogen and oxygen atoms in total. The van der Waals surface area contributed by atoms with Gasteiger partial charge in [-0.15, -0.1) is 12.4 Å². The number of unbranched alkanes of at least 4 members (excludes halogenated alkanes) is 1. The summed E-state index contributed by atoms with van der Waals surface area (Å²) in [5, 5.41) is 11.7. The van der Waals surface area contributed by atoms with Crippen LogP contribution in [0.3, 0.4) is 0 Å². The molecule has 0 aromatic heterocycles. The Labute approximate surface area is 86.5 Å². The van der Waals surface area contributed by atoms with Crippen LogP contribution in [0.2, 0.25) is 0 Å². The Morgan fingerprint density at radius 3 is 3.00 bits per heavy atom. The predicted octanol–water partition coefficient (Wildman–Crippen LogP) is 1.01. The quantitative estimate of drug-likeness (QED) is 0.696. The van der Waals surface area contributed by atoms with Gasteiger partial charge in [0.25, 0.3) is 0 Å². The maximum atomic E-state index is 8.38. The monoisotopic (exact) mass is 203 g/mol. The fourth-order valence-corrected chi connectivity index (χ4v) is 1.58. The molecule has 0 saturated carbocycles. The van der Waals surface area contributed by atoms with Crippen molar-refractivity contribution in [2.75, 3.05) is 26.2 Å². The zero-order chi connectivity index (χ0) is 8.81. The van der Waals surface area contributed by atoms with Crippen LogP contribution in [0, 0.1) is 11.3 Å². The second-order valence-corrected chi connectivity index (χ2v) is 3.35. The summed E-state index contributed by atoms with van der Waals surface area (Å²) in [6.45, 7) is 6.63. The van der Waals surface area contributed by atoms with Gasteiger partial charge in [0.1, 0.15) is 0 Å². The van der Waals surface area contributed by atoms with Crippen LogP contribution in [0.25, 0.3) is 0 Å². The molecule has 1 saturated heterocycles. The standard InChI is InChI=1S/C9H17N3.ClH/c1-9-8-11-5-7-12(9)6-3-2-4-10;/h9,11H,2-3,5-8H2,1H3;1H. The summed E-state index contributed by atoms with van der Waals surface area (Å²) in [6.07, 6.45) is 1.71. The molecule has 0 amide bonds. The topological polar surface area (TPSA) is 39.1 Å². The molecule has 0 aromatic carbocycles. The molecule has 1 aliphatic heterocycles. The highest BCUT2D eigenvalue weighted by atomic mass is 35.5. The van der Waals surface area contributed by atoms with Gasteiger partial charge in [-0.05, 0) is 19.9 Å². The lowest BCUT2D eigenvalue weighted by atomic mass is 10.2. The first-order valence-corrected chi connectivity index (χ1v) is 4.66. The largest absolute Gasteiger partial charge is 0.314 e. The van der Waals surface area contributed by atoms with E-state index < -0.39 is 0 Å². The molecular formula is C9H18ClN3. The second kappa shape index (κ2) is 7.14. The number of rotatable bonds is 3. The van der Waals surface area contributed by atoms with Crippen molar-refractivity contribution < 1.29 is 0 Å². The van der Waals surface area contributed by atoms with E-state index in [1.165, 1.54) is 0 Å². The van der Waals surface area contributed by atoms with Crippen LogP contribution in [0.5, 0.6) is 0 Å². The summed E-state index contributed by atoms with van der Waals surface area (Å²) in [4.78, 5) is 2.45. The number of hydrogen-bond acceptors (Lipinski definition) is 3. The lowest BCUT2D eigenvalue weighted by molar-refractivity contribution is 0.172. The average Bonchev–Trinajstić information content (AvgIpc) is 2.09. The zero-order valence-corrected chi connectivity index (χ0v) is 8.94. The molecule has 1 N–H and O–H groups in total. The molecule has 0 aliphatic carbocycles. The third-order valence-electron chi connectivity index (χ3n) is 2.37. The van der Waals surface area contributed by atoms with Gasteiger partial charge < -0.3 is 5.32 Å². The minimum Gasteiger partial charge on any atom is -0.314 e. The first-order valence-electron chi connectivity index (χ1n) is 4.66. The Morgan fingerprint density at radius 2 is 2.38 bits per heavy atom. The Bertz CT molecular complexity index is 167. The highest BCUT2D eigenvalue weighted by Gasteiger charge is 2.16.